The summed E-state index contributed by atoms with van der Waals surface area (Å²) in [5.41, 5.74) is -0.0894. The molecule has 2 aliphatic heterocycles. The zero-order valence-corrected chi connectivity index (χ0v) is 13.3. The lowest BCUT2D eigenvalue weighted by atomic mass is 9.75. The zero-order chi connectivity index (χ0) is 14.6. The fourth-order valence-electron chi connectivity index (χ4n) is 3.68. The summed E-state index contributed by atoms with van der Waals surface area (Å²) in [5, 5.41) is 3.05. The van der Waals surface area contributed by atoms with E-state index in [-0.39, 0.29) is 17.2 Å². The van der Waals surface area contributed by atoms with Gasteiger partial charge >= 0.3 is 6.03 Å². The summed E-state index contributed by atoms with van der Waals surface area (Å²) in [6.07, 6.45) is 7.70. The minimum atomic E-state index is -0.119. The second-order valence-corrected chi connectivity index (χ2v) is 6.96. The number of carbonyl (C=O) groups excluding carboxylic acids is 1. The van der Waals surface area contributed by atoms with Crippen LogP contribution in [0.15, 0.2) is 0 Å². The van der Waals surface area contributed by atoms with Crippen LogP contribution in [0, 0.1) is 0 Å². The van der Waals surface area contributed by atoms with Gasteiger partial charge in [0.05, 0.1) is 5.60 Å². The second kappa shape index (κ2) is 6.33. The Bertz CT molecular complexity index is 335. The Morgan fingerprint density at radius 3 is 2.70 bits per heavy atom. The zero-order valence-electron chi connectivity index (χ0n) is 13.3. The lowest BCUT2D eigenvalue weighted by Crippen LogP contribution is -2.61. The Morgan fingerprint density at radius 2 is 2.10 bits per heavy atom. The molecule has 0 aliphatic carbocycles. The number of hydrogen-bond donors (Lipinski definition) is 1. The number of carbonyl (C=O) groups is 1. The van der Waals surface area contributed by atoms with Crippen LogP contribution in [0.5, 0.6) is 0 Å². The molecule has 116 valence electrons. The number of ether oxygens (including phenoxy) is 1. The van der Waals surface area contributed by atoms with Crippen molar-refractivity contribution in [1.82, 2.24) is 10.2 Å². The van der Waals surface area contributed by atoms with Gasteiger partial charge in [0.25, 0.3) is 0 Å². The van der Waals surface area contributed by atoms with Gasteiger partial charge in [-0.1, -0.05) is 13.3 Å². The predicted molar refractivity (Wildman–Crippen MR) is 80.9 cm³/mol. The van der Waals surface area contributed by atoms with Crippen LogP contribution in [0.25, 0.3) is 0 Å². The maximum absolute atomic E-state index is 12.3. The maximum Gasteiger partial charge on any atom is 0.317 e. The van der Waals surface area contributed by atoms with Gasteiger partial charge in [0.1, 0.15) is 0 Å². The highest BCUT2D eigenvalue weighted by atomic mass is 16.5. The number of unbranched alkanes of at least 4 members (excludes halogenated alkanes) is 1. The van der Waals surface area contributed by atoms with E-state index in [0.717, 1.165) is 51.8 Å². The largest absolute Gasteiger partial charge is 0.375 e. The molecule has 0 aromatic heterocycles. The van der Waals surface area contributed by atoms with E-state index < -0.39 is 0 Å². The summed E-state index contributed by atoms with van der Waals surface area (Å²) in [6, 6.07) is 0.0918. The molecule has 0 aromatic carbocycles. The topological polar surface area (TPSA) is 41.6 Å². The van der Waals surface area contributed by atoms with E-state index in [1.54, 1.807) is 0 Å². The molecule has 1 spiro atoms. The number of nitrogens with zero attached hydrogens (tertiary/aromatic N) is 1. The van der Waals surface area contributed by atoms with Crippen molar-refractivity contribution in [2.24, 2.45) is 0 Å². The molecule has 2 fully saturated rings. The van der Waals surface area contributed by atoms with Crippen molar-refractivity contribution < 1.29 is 9.53 Å². The average molecular weight is 282 g/mol. The molecule has 2 rings (SSSR count). The second-order valence-electron chi connectivity index (χ2n) is 6.96. The maximum atomic E-state index is 12.3. The highest BCUT2D eigenvalue weighted by Gasteiger charge is 2.46. The lowest BCUT2D eigenvalue weighted by Gasteiger charge is -2.52. The van der Waals surface area contributed by atoms with Gasteiger partial charge in [0.15, 0.2) is 0 Å². The van der Waals surface area contributed by atoms with Crippen molar-refractivity contribution in [3.05, 3.63) is 0 Å². The van der Waals surface area contributed by atoms with Gasteiger partial charge in [-0.3, -0.25) is 0 Å². The molecule has 0 aromatic rings. The smallest absolute Gasteiger partial charge is 0.317 e. The highest BCUT2D eigenvalue weighted by Crippen LogP contribution is 2.41. The molecule has 1 atom stereocenters. The Labute approximate surface area is 123 Å². The lowest BCUT2D eigenvalue weighted by molar-refractivity contribution is -0.132. The third-order valence-electron chi connectivity index (χ3n) is 4.76. The molecule has 2 amide bonds. The summed E-state index contributed by atoms with van der Waals surface area (Å²) in [4.78, 5) is 14.3. The number of hydrogen-bond acceptors (Lipinski definition) is 2. The fourth-order valence-corrected chi connectivity index (χ4v) is 3.68. The van der Waals surface area contributed by atoms with Crippen molar-refractivity contribution in [2.75, 3.05) is 19.7 Å². The number of rotatable bonds is 3. The van der Waals surface area contributed by atoms with E-state index in [0.29, 0.717) is 0 Å². The highest BCUT2D eigenvalue weighted by molar-refractivity contribution is 5.75. The van der Waals surface area contributed by atoms with E-state index in [9.17, 15) is 4.79 Å². The molecule has 2 saturated heterocycles. The standard InChI is InChI=1S/C16H30N2O2/c1-4-5-10-17-14(19)18-11-9-16(13-15(18,2)3)8-6-7-12-20-16/h4-13H2,1-3H3,(H,17,19). The van der Waals surface area contributed by atoms with Crippen molar-refractivity contribution in [3.8, 4) is 0 Å². The van der Waals surface area contributed by atoms with Gasteiger partial charge in [-0.15, -0.1) is 0 Å². The predicted octanol–water partition coefficient (Wildman–Crippen LogP) is 3.31. The minimum Gasteiger partial charge on any atom is -0.375 e. The van der Waals surface area contributed by atoms with E-state index in [4.69, 9.17) is 4.74 Å². The number of urea groups is 1. The van der Waals surface area contributed by atoms with Gasteiger partial charge in [0, 0.05) is 25.2 Å². The average Bonchev–Trinajstić information content (AvgIpc) is 2.38. The number of nitrogens with one attached hydrogen (secondary N) is 1. The first kappa shape index (κ1) is 15.6. The first-order valence-electron chi connectivity index (χ1n) is 8.19. The van der Waals surface area contributed by atoms with Crippen LogP contribution >= 0.6 is 0 Å². The molecular formula is C16H30N2O2. The van der Waals surface area contributed by atoms with Crippen LogP contribution < -0.4 is 5.32 Å². The van der Waals surface area contributed by atoms with Crippen LogP contribution in [-0.4, -0.2) is 41.8 Å². The summed E-state index contributed by atoms with van der Waals surface area (Å²) < 4.78 is 6.11. The first-order valence-corrected chi connectivity index (χ1v) is 8.19. The molecule has 1 N–H and O–H groups in total. The van der Waals surface area contributed by atoms with Crippen LogP contribution in [0.3, 0.4) is 0 Å². The van der Waals surface area contributed by atoms with E-state index in [1.165, 1.54) is 12.8 Å². The van der Waals surface area contributed by atoms with Gasteiger partial charge in [-0.2, -0.15) is 0 Å². The van der Waals surface area contributed by atoms with Crippen LogP contribution in [0.1, 0.15) is 65.7 Å². The molecule has 0 bridgehead atoms. The van der Waals surface area contributed by atoms with Crippen LogP contribution in [0.4, 0.5) is 4.79 Å². The Balaban J connectivity index is 1.95. The van der Waals surface area contributed by atoms with E-state index in [2.05, 4.69) is 26.1 Å². The van der Waals surface area contributed by atoms with Gasteiger partial charge < -0.3 is 15.0 Å². The normalized spacial score (nSPS) is 29.4. The number of amides is 2. The van der Waals surface area contributed by atoms with Gasteiger partial charge in [-0.05, 0) is 52.4 Å². The van der Waals surface area contributed by atoms with Gasteiger partial charge in [0.2, 0.25) is 0 Å². The molecule has 20 heavy (non-hydrogen) atoms. The quantitative estimate of drug-likeness (QED) is 0.807. The third-order valence-corrected chi connectivity index (χ3v) is 4.76. The molecule has 4 nitrogen and oxygen atoms in total. The summed E-state index contributed by atoms with van der Waals surface area (Å²) in [6.45, 7) is 8.96. The van der Waals surface area contributed by atoms with Crippen molar-refractivity contribution in [1.29, 1.82) is 0 Å². The molecule has 2 aliphatic rings. The first-order chi connectivity index (χ1) is 9.49. The van der Waals surface area contributed by atoms with Gasteiger partial charge in [-0.25, -0.2) is 4.79 Å². The van der Waals surface area contributed by atoms with Crippen molar-refractivity contribution in [3.63, 3.8) is 0 Å². The monoisotopic (exact) mass is 282 g/mol. The molecule has 4 heteroatoms. The Hall–Kier alpha value is -0.770. The third kappa shape index (κ3) is 3.46. The fraction of sp³-hybridized carbons (Fsp3) is 0.938. The SMILES string of the molecule is CCCCNC(=O)N1CCC2(CCCCO2)CC1(C)C. The summed E-state index contributed by atoms with van der Waals surface area (Å²) >= 11 is 0. The summed E-state index contributed by atoms with van der Waals surface area (Å²) in [5.74, 6) is 0. The minimum absolute atomic E-state index is 0.0297. The number of piperidine rings is 1. The Morgan fingerprint density at radius 1 is 1.30 bits per heavy atom. The molecule has 1 unspecified atom stereocenters. The number of likely N-dealkylation sites (tertiary alicyclic amines) is 1. The van der Waals surface area contributed by atoms with Crippen LogP contribution in [-0.2, 0) is 4.74 Å². The summed E-state index contributed by atoms with van der Waals surface area (Å²) in [7, 11) is 0. The molecule has 0 saturated carbocycles. The Kier molecular flexibility index (Phi) is 4.95. The van der Waals surface area contributed by atoms with Crippen LogP contribution in [0.2, 0.25) is 0 Å². The van der Waals surface area contributed by atoms with E-state index >= 15 is 0 Å². The molecule has 0 radical (unpaired) electrons. The van der Waals surface area contributed by atoms with E-state index in [1.807, 2.05) is 4.90 Å². The van der Waals surface area contributed by atoms with Crippen molar-refractivity contribution >= 4 is 6.03 Å². The molecular weight excluding hydrogens is 252 g/mol. The molecule has 2 heterocycles. The van der Waals surface area contributed by atoms with Crippen molar-refractivity contribution in [2.45, 2.75) is 76.9 Å².